The Hall–Kier alpha value is -3.50. The van der Waals surface area contributed by atoms with Gasteiger partial charge in [0.05, 0.1) is 22.9 Å². The van der Waals surface area contributed by atoms with Crippen molar-refractivity contribution in [2.24, 2.45) is 5.92 Å². The van der Waals surface area contributed by atoms with E-state index < -0.39 is 6.09 Å². The number of amides is 1. The molecular formula is C29H33N3O4. The minimum Gasteiger partial charge on any atom is -0.491 e. The number of carbonyl (C=O) groups excluding carboxylic acids is 1. The van der Waals surface area contributed by atoms with Gasteiger partial charge in [0.1, 0.15) is 24.5 Å². The smallest absolute Gasteiger partial charge is 0.411 e. The minimum absolute atomic E-state index is 0.0660. The Balaban J connectivity index is 1.41. The lowest BCUT2D eigenvalue weighted by atomic mass is 10.1. The fourth-order valence-corrected chi connectivity index (χ4v) is 4.97. The monoisotopic (exact) mass is 487 g/mol. The molecule has 1 aliphatic carbocycles. The van der Waals surface area contributed by atoms with E-state index in [0.717, 1.165) is 60.2 Å². The zero-order valence-electron chi connectivity index (χ0n) is 21.1. The lowest BCUT2D eigenvalue weighted by molar-refractivity contribution is 0.0680. The number of anilines is 1. The van der Waals surface area contributed by atoms with Crippen molar-refractivity contribution in [3.63, 3.8) is 0 Å². The maximum Gasteiger partial charge on any atom is 0.411 e. The van der Waals surface area contributed by atoms with E-state index in [0.29, 0.717) is 23.8 Å². The second-order valence-electron chi connectivity index (χ2n) is 10.1. The summed E-state index contributed by atoms with van der Waals surface area (Å²) in [6, 6.07) is 16.0. The van der Waals surface area contributed by atoms with Crippen LogP contribution in [-0.2, 0) is 9.47 Å². The van der Waals surface area contributed by atoms with Crippen LogP contribution in [0.1, 0.15) is 58.1 Å². The van der Waals surface area contributed by atoms with E-state index in [4.69, 9.17) is 14.2 Å². The van der Waals surface area contributed by atoms with Crippen LogP contribution in [0.5, 0.6) is 5.75 Å². The molecule has 0 radical (unpaired) electrons. The van der Waals surface area contributed by atoms with Crippen LogP contribution in [0.4, 0.5) is 10.5 Å². The summed E-state index contributed by atoms with van der Waals surface area (Å²) in [5.74, 6) is 1.26. The molecule has 1 saturated carbocycles. The number of nitrogens with zero attached hydrogens (tertiary/aromatic N) is 2. The highest BCUT2D eigenvalue weighted by Gasteiger charge is 2.30. The van der Waals surface area contributed by atoms with Crippen LogP contribution in [-0.4, -0.2) is 36.1 Å². The number of benzene rings is 2. The molecule has 1 amide bonds. The first-order valence-corrected chi connectivity index (χ1v) is 12.8. The van der Waals surface area contributed by atoms with Gasteiger partial charge in [0.2, 0.25) is 0 Å². The molecule has 2 aliphatic rings. The number of ether oxygens (including phenoxy) is 3. The number of nitrogens with one attached hydrogen (secondary N) is 1. The minimum atomic E-state index is -0.438. The quantitative estimate of drug-likeness (QED) is 0.384. The zero-order valence-corrected chi connectivity index (χ0v) is 21.1. The highest BCUT2D eigenvalue weighted by Crippen LogP contribution is 2.38. The van der Waals surface area contributed by atoms with E-state index in [-0.39, 0.29) is 18.2 Å². The fraction of sp³-hybridized carbons (Fsp3) is 0.448. The van der Waals surface area contributed by atoms with Gasteiger partial charge >= 0.3 is 6.09 Å². The van der Waals surface area contributed by atoms with Gasteiger partial charge in [-0.1, -0.05) is 12.1 Å². The van der Waals surface area contributed by atoms with Crippen molar-refractivity contribution in [1.82, 2.24) is 4.57 Å². The number of nitriles is 1. The van der Waals surface area contributed by atoms with Gasteiger partial charge in [-0.15, -0.1) is 0 Å². The molecule has 2 heterocycles. The number of fused-ring (bicyclic) bond motifs is 1. The molecule has 2 atom stereocenters. The topological polar surface area (TPSA) is 85.5 Å². The first-order chi connectivity index (χ1) is 17.4. The van der Waals surface area contributed by atoms with Crippen LogP contribution in [0.3, 0.4) is 0 Å². The molecular weight excluding hydrogens is 454 g/mol. The van der Waals surface area contributed by atoms with Gasteiger partial charge in [-0.3, -0.25) is 5.32 Å². The first kappa shape index (κ1) is 24.2. The molecule has 188 valence electrons. The van der Waals surface area contributed by atoms with Crippen molar-refractivity contribution >= 4 is 22.7 Å². The maximum atomic E-state index is 12.2. The standard InChI is InChI=1S/C29H33N3O4/c1-18(2)32-27-15-23(35-17-24-5-4-14-34-24)12-13-25(27)26(16-30)28(32)21-8-10-22(11-9-21)31-29(33)36-19(3)20-6-7-20/h8-13,15,18-20,24H,4-7,14,17H2,1-3H3,(H,31,33)/t19-,24-/m1/s1. The summed E-state index contributed by atoms with van der Waals surface area (Å²) in [5.41, 5.74) is 4.00. The molecule has 7 heteroatoms. The molecule has 0 unspecified atom stereocenters. The SMILES string of the molecule is CC(C)n1c(-c2ccc(NC(=O)O[C@H](C)C3CC3)cc2)c(C#N)c2ccc(OC[C@H]3CCCO3)cc21. The lowest BCUT2D eigenvalue weighted by Crippen LogP contribution is -2.21. The molecule has 2 aromatic carbocycles. The van der Waals surface area contributed by atoms with Crippen molar-refractivity contribution in [2.45, 2.75) is 64.7 Å². The summed E-state index contributed by atoms with van der Waals surface area (Å²) >= 11 is 0. The third kappa shape index (κ3) is 5.05. The highest BCUT2D eigenvalue weighted by atomic mass is 16.6. The van der Waals surface area contributed by atoms with Crippen molar-refractivity contribution < 1.29 is 19.0 Å². The fourth-order valence-electron chi connectivity index (χ4n) is 4.97. The van der Waals surface area contributed by atoms with Gasteiger partial charge in [0.25, 0.3) is 0 Å². The summed E-state index contributed by atoms with van der Waals surface area (Å²) in [4.78, 5) is 12.2. The molecule has 7 nitrogen and oxygen atoms in total. The van der Waals surface area contributed by atoms with E-state index in [9.17, 15) is 10.1 Å². The van der Waals surface area contributed by atoms with Crippen LogP contribution in [0.2, 0.25) is 0 Å². The van der Waals surface area contributed by atoms with Crippen molar-refractivity contribution in [2.75, 3.05) is 18.5 Å². The van der Waals surface area contributed by atoms with E-state index in [2.05, 4.69) is 29.8 Å². The Labute approximate surface area is 211 Å². The predicted octanol–water partition coefficient (Wildman–Crippen LogP) is 6.67. The van der Waals surface area contributed by atoms with Gasteiger partial charge in [0.15, 0.2) is 0 Å². The molecule has 2 fully saturated rings. The van der Waals surface area contributed by atoms with Gasteiger partial charge in [-0.2, -0.15) is 5.26 Å². The number of aromatic nitrogens is 1. The van der Waals surface area contributed by atoms with Crippen molar-refractivity contribution in [3.8, 4) is 23.1 Å². The van der Waals surface area contributed by atoms with Gasteiger partial charge < -0.3 is 18.8 Å². The van der Waals surface area contributed by atoms with Gasteiger partial charge in [-0.05, 0) is 82.2 Å². The second kappa shape index (κ2) is 10.2. The average Bonchev–Trinajstić information content (AvgIpc) is 3.49. The maximum absolute atomic E-state index is 12.2. The molecule has 5 rings (SSSR count). The van der Waals surface area contributed by atoms with E-state index >= 15 is 0 Å². The first-order valence-electron chi connectivity index (χ1n) is 12.8. The molecule has 1 aromatic heterocycles. The summed E-state index contributed by atoms with van der Waals surface area (Å²) in [6.45, 7) is 7.48. The summed E-state index contributed by atoms with van der Waals surface area (Å²) in [5, 5.41) is 13.8. The third-order valence-electron chi connectivity index (χ3n) is 7.05. The Morgan fingerprint density at radius 3 is 2.58 bits per heavy atom. The van der Waals surface area contributed by atoms with E-state index in [1.165, 1.54) is 0 Å². The van der Waals surface area contributed by atoms with Crippen molar-refractivity contribution in [3.05, 3.63) is 48.0 Å². The molecule has 1 N–H and O–H groups in total. The Kier molecular flexibility index (Phi) is 6.88. The summed E-state index contributed by atoms with van der Waals surface area (Å²) < 4.78 is 19.4. The molecule has 0 spiro atoms. The van der Waals surface area contributed by atoms with E-state index in [1.54, 1.807) is 0 Å². The summed E-state index contributed by atoms with van der Waals surface area (Å²) in [6.07, 6.45) is 3.98. The number of hydrogen-bond donors (Lipinski definition) is 1. The molecule has 1 saturated heterocycles. The van der Waals surface area contributed by atoms with Crippen LogP contribution < -0.4 is 10.1 Å². The third-order valence-corrected chi connectivity index (χ3v) is 7.05. The van der Waals surface area contributed by atoms with Gasteiger partial charge in [0, 0.05) is 29.8 Å². The second-order valence-corrected chi connectivity index (χ2v) is 10.1. The lowest BCUT2D eigenvalue weighted by Gasteiger charge is -2.17. The summed E-state index contributed by atoms with van der Waals surface area (Å²) in [7, 11) is 0. The molecule has 36 heavy (non-hydrogen) atoms. The number of hydrogen-bond acceptors (Lipinski definition) is 5. The van der Waals surface area contributed by atoms with Crippen LogP contribution in [0.15, 0.2) is 42.5 Å². The Morgan fingerprint density at radius 2 is 1.94 bits per heavy atom. The predicted molar refractivity (Wildman–Crippen MR) is 139 cm³/mol. The van der Waals surface area contributed by atoms with Crippen LogP contribution in [0, 0.1) is 17.2 Å². The number of rotatable bonds is 8. The molecule has 1 aliphatic heterocycles. The zero-order chi connectivity index (χ0) is 25.2. The van der Waals surface area contributed by atoms with Gasteiger partial charge in [-0.25, -0.2) is 4.79 Å². The number of carbonyl (C=O) groups is 1. The van der Waals surface area contributed by atoms with Crippen molar-refractivity contribution in [1.29, 1.82) is 5.26 Å². The van der Waals surface area contributed by atoms with E-state index in [1.807, 2.05) is 49.4 Å². The molecule has 3 aromatic rings. The van der Waals surface area contributed by atoms with Crippen LogP contribution >= 0.6 is 0 Å². The van der Waals surface area contributed by atoms with Crippen LogP contribution in [0.25, 0.3) is 22.2 Å². The average molecular weight is 488 g/mol. The Bertz CT molecular complexity index is 1280. The highest BCUT2D eigenvalue weighted by molar-refractivity contribution is 5.95. The largest absolute Gasteiger partial charge is 0.491 e. The Morgan fingerprint density at radius 1 is 1.17 bits per heavy atom. The normalized spacial score (nSPS) is 18.2. The molecule has 0 bridgehead atoms.